The molecule has 0 spiro atoms. The number of carboxylic acids is 1. The fourth-order valence-electron chi connectivity index (χ4n) is 1.25. The normalized spacial score (nSPS) is 10.5. The van der Waals surface area contributed by atoms with Crippen LogP contribution in [0.3, 0.4) is 0 Å². The quantitative estimate of drug-likeness (QED) is 0.865. The lowest BCUT2D eigenvalue weighted by molar-refractivity contribution is 0.0683. The fraction of sp³-hybridized carbons (Fsp3) is 0.300. The Morgan fingerprint density at radius 1 is 1.59 bits per heavy atom. The average molecular weight is 238 g/mol. The molecular formula is C10H10N2O5. The first kappa shape index (κ1) is 11.2. The van der Waals surface area contributed by atoms with Gasteiger partial charge in [0.25, 0.3) is 5.89 Å². The zero-order valence-corrected chi connectivity index (χ0v) is 9.26. The predicted octanol–water partition coefficient (Wildman–Crippen LogP) is 1.73. The molecular weight excluding hydrogens is 228 g/mol. The van der Waals surface area contributed by atoms with Crippen LogP contribution in [0.15, 0.2) is 15.0 Å². The molecule has 0 saturated carbocycles. The van der Waals surface area contributed by atoms with Gasteiger partial charge < -0.3 is 18.8 Å². The second-order valence-corrected chi connectivity index (χ2v) is 3.22. The van der Waals surface area contributed by atoms with E-state index in [9.17, 15) is 4.79 Å². The van der Waals surface area contributed by atoms with Crippen LogP contribution >= 0.6 is 0 Å². The van der Waals surface area contributed by atoms with Crippen LogP contribution in [-0.4, -0.2) is 27.8 Å². The third-order valence-corrected chi connectivity index (χ3v) is 1.92. The number of oxazole rings is 1. The van der Waals surface area contributed by atoms with Gasteiger partial charge in [0, 0.05) is 6.07 Å². The Morgan fingerprint density at radius 2 is 2.35 bits per heavy atom. The number of aromatic carboxylic acids is 1. The van der Waals surface area contributed by atoms with Crippen molar-refractivity contribution in [3.63, 3.8) is 0 Å². The minimum absolute atomic E-state index is 0.0581. The van der Waals surface area contributed by atoms with Gasteiger partial charge in [0.05, 0.1) is 6.61 Å². The molecule has 0 aliphatic rings. The molecule has 0 atom stereocenters. The van der Waals surface area contributed by atoms with Gasteiger partial charge in [0.2, 0.25) is 5.69 Å². The van der Waals surface area contributed by atoms with Gasteiger partial charge in [0.1, 0.15) is 5.76 Å². The molecule has 2 aromatic rings. The van der Waals surface area contributed by atoms with E-state index in [0.717, 1.165) is 0 Å². The van der Waals surface area contributed by atoms with Crippen molar-refractivity contribution in [1.82, 2.24) is 10.1 Å². The largest absolute Gasteiger partial charge is 0.476 e. The molecule has 0 radical (unpaired) electrons. The van der Waals surface area contributed by atoms with Gasteiger partial charge in [-0.05, 0) is 13.8 Å². The topological polar surface area (TPSA) is 98.6 Å². The van der Waals surface area contributed by atoms with Gasteiger partial charge in [-0.3, -0.25) is 0 Å². The fourth-order valence-corrected chi connectivity index (χ4v) is 1.25. The van der Waals surface area contributed by atoms with E-state index in [1.165, 1.54) is 0 Å². The number of carboxylic acid groups (broad SMARTS) is 1. The Morgan fingerprint density at radius 3 is 2.88 bits per heavy atom. The predicted molar refractivity (Wildman–Crippen MR) is 54.9 cm³/mol. The monoisotopic (exact) mass is 238 g/mol. The van der Waals surface area contributed by atoms with Gasteiger partial charge in [0.15, 0.2) is 5.69 Å². The van der Waals surface area contributed by atoms with Gasteiger partial charge in [-0.1, -0.05) is 5.16 Å². The van der Waals surface area contributed by atoms with Gasteiger partial charge in [-0.25, -0.2) is 4.79 Å². The van der Waals surface area contributed by atoms with E-state index in [2.05, 4.69) is 10.1 Å². The number of aryl methyl sites for hydroxylation is 1. The van der Waals surface area contributed by atoms with E-state index in [4.69, 9.17) is 18.8 Å². The lowest BCUT2D eigenvalue weighted by Crippen LogP contribution is -2.01. The summed E-state index contributed by atoms with van der Waals surface area (Å²) in [6, 6.07) is 1.59. The molecule has 0 aliphatic carbocycles. The van der Waals surface area contributed by atoms with E-state index >= 15 is 0 Å². The summed E-state index contributed by atoms with van der Waals surface area (Å²) < 4.78 is 15.1. The summed E-state index contributed by atoms with van der Waals surface area (Å²) in [7, 11) is 0. The first-order chi connectivity index (χ1) is 8.11. The molecule has 0 amide bonds. The van der Waals surface area contributed by atoms with Crippen LogP contribution in [0.1, 0.15) is 23.2 Å². The summed E-state index contributed by atoms with van der Waals surface area (Å²) >= 11 is 0. The molecule has 7 nitrogen and oxygen atoms in total. The van der Waals surface area contributed by atoms with Gasteiger partial charge in [-0.15, -0.1) is 0 Å². The summed E-state index contributed by atoms with van der Waals surface area (Å²) in [4.78, 5) is 14.7. The molecule has 7 heteroatoms. The second kappa shape index (κ2) is 4.28. The third kappa shape index (κ3) is 2.12. The van der Waals surface area contributed by atoms with Crippen LogP contribution in [0, 0.1) is 6.92 Å². The minimum atomic E-state index is -1.22. The molecule has 0 aliphatic heterocycles. The van der Waals surface area contributed by atoms with E-state index in [0.29, 0.717) is 11.5 Å². The average Bonchev–Trinajstić information content (AvgIpc) is 2.85. The van der Waals surface area contributed by atoms with Crippen LogP contribution in [0.25, 0.3) is 11.6 Å². The highest BCUT2D eigenvalue weighted by molar-refractivity contribution is 5.88. The molecule has 0 saturated heterocycles. The second-order valence-electron chi connectivity index (χ2n) is 3.22. The number of ether oxygens (including phenoxy) is 1. The lowest BCUT2D eigenvalue weighted by atomic mass is 10.4. The molecule has 0 bridgehead atoms. The van der Waals surface area contributed by atoms with Crippen LogP contribution in [0.5, 0.6) is 5.95 Å². The van der Waals surface area contributed by atoms with E-state index in [1.54, 1.807) is 19.9 Å². The SMILES string of the molecule is CCOc1oc(-c2cc(C)on2)nc1C(=O)O. The zero-order valence-electron chi connectivity index (χ0n) is 9.26. The van der Waals surface area contributed by atoms with Crippen LogP contribution in [0.2, 0.25) is 0 Å². The number of carbonyl (C=O) groups is 1. The maximum Gasteiger partial charge on any atom is 0.362 e. The number of hydrogen-bond acceptors (Lipinski definition) is 6. The Balaban J connectivity index is 2.43. The molecule has 0 unspecified atom stereocenters. The Bertz CT molecular complexity index is 543. The van der Waals surface area contributed by atoms with Crippen molar-refractivity contribution in [2.75, 3.05) is 6.61 Å². The Hall–Kier alpha value is -2.31. The molecule has 2 heterocycles. The number of hydrogen-bond donors (Lipinski definition) is 1. The van der Waals surface area contributed by atoms with Gasteiger partial charge >= 0.3 is 11.9 Å². The van der Waals surface area contributed by atoms with Crippen molar-refractivity contribution in [1.29, 1.82) is 0 Å². The zero-order chi connectivity index (χ0) is 12.4. The first-order valence-electron chi connectivity index (χ1n) is 4.92. The number of rotatable bonds is 4. The van der Waals surface area contributed by atoms with Crippen molar-refractivity contribution in [2.45, 2.75) is 13.8 Å². The number of nitrogens with zero attached hydrogens (tertiary/aromatic N) is 2. The molecule has 0 aromatic carbocycles. The summed E-state index contributed by atoms with van der Waals surface area (Å²) in [6.07, 6.45) is 0. The smallest absolute Gasteiger partial charge is 0.362 e. The first-order valence-corrected chi connectivity index (χ1v) is 4.92. The van der Waals surface area contributed by atoms with Crippen LogP contribution in [-0.2, 0) is 0 Å². The summed E-state index contributed by atoms with van der Waals surface area (Å²) in [5.74, 6) is -0.713. The van der Waals surface area contributed by atoms with Crippen molar-refractivity contribution in [3.8, 4) is 17.5 Å². The molecule has 1 N–H and O–H groups in total. The number of aromatic nitrogens is 2. The summed E-state index contributed by atoms with van der Waals surface area (Å²) in [5, 5.41) is 12.6. The maximum atomic E-state index is 10.9. The van der Waals surface area contributed by atoms with Gasteiger partial charge in [-0.2, -0.15) is 4.98 Å². The summed E-state index contributed by atoms with van der Waals surface area (Å²) in [5.41, 5.74) is 0.0541. The molecule has 17 heavy (non-hydrogen) atoms. The highest BCUT2D eigenvalue weighted by atomic mass is 16.6. The maximum absolute atomic E-state index is 10.9. The van der Waals surface area contributed by atoms with Crippen molar-refractivity contribution in [3.05, 3.63) is 17.5 Å². The highest BCUT2D eigenvalue weighted by Crippen LogP contribution is 2.27. The molecule has 0 fully saturated rings. The highest BCUT2D eigenvalue weighted by Gasteiger charge is 2.23. The van der Waals surface area contributed by atoms with Crippen molar-refractivity contribution in [2.24, 2.45) is 0 Å². The minimum Gasteiger partial charge on any atom is -0.476 e. The van der Waals surface area contributed by atoms with E-state index < -0.39 is 5.97 Å². The molecule has 2 rings (SSSR count). The van der Waals surface area contributed by atoms with Crippen LogP contribution in [0.4, 0.5) is 0 Å². The molecule has 2 aromatic heterocycles. The lowest BCUT2D eigenvalue weighted by Gasteiger charge is -1.96. The van der Waals surface area contributed by atoms with Crippen molar-refractivity contribution >= 4 is 5.97 Å². The molecule has 90 valence electrons. The Kier molecular flexibility index (Phi) is 2.82. The van der Waals surface area contributed by atoms with Crippen molar-refractivity contribution < 1.29 is 23.6 Å². The van der Waals surface area contributed by atoms with Crippen LogP contribution < -0.4 is 4.74 Å². The standard InChI is InChI=1S/C10H10N2O5/c1-3-15-10-7(9(13)14)11-8(16-10)6-4-5(2)17-12-6/h4H,3H2,1-2H3,(H,13,14). The third-order valence-electron chi connectivity index (χ3n) is 1.92. The van der Waals surface area contributed by atoms with E-state index in [1.807, 2.05) is 0 Å². The summed E-state index contributed by atoms with van der Waals surface area (Å²) in [6.45, 7) is 3.71. The Labute approximate surface area is 96.0 Å². The van der Waals surface area contributed by atoms with E-state index in [-0.39, 0.29) is 24.1 Å².